The van der Waals surface area contributed by atoms with Gasteiger partial charge in [0.25, 0.3) is 5.56 Å². The zero-order valence-corrected chi connectivity index (χ0v) is 15.3. The number of aromatic nitrogens is 2. The Morgan fingerprint density at radius 2 is 1.72 bits per heavy atom. The summed E-state index contributed by atoms with van der Waals surface area (Å²) in [7, 11) is 0. The highest BCUT2D eigenvalue weighted by atomic mass is 35.5. The summed E-state index contributed by atoms with van der Waals surface area (Å²) in [5.41, 5.74) is 3.81. The Kier molecular flexibility index (Phi) is 4.12. The van der Waals surface area contributed by atoms with Crippen LogP contribution in [-0.4, -0.2) is 9.55 Å². The van der Waals surface area contributed by atoms with Crippen molar-refractivity contribution in [3.63, 3.8) is 0 Å². The predicted molar refractivity (Wildman–Crippen MR) is 103 cm³/mol. The molecule has 25 heavy (non-hydrogen) atoms. The second-order valence-electron chi connectivity index (χ2n) is 7.05. The van der Waals surface area contributed by atoms with E-state index in [1.165, 1.54) is 0 Å². The molecule has 1 aromatic heterocycles. The Morgan fingerprint density at radius 1 is 1.04 bits per heavy atom. The first-order chi connectivity index (χ1) is 12.0. The maximum atomic E-state index is 13.3. The lowest BCUT2D eigenvalue weighted by Gasteiger charge is -2.20. The van der Waals surface area contributed by atoms with Crippen molar-refractivity contribution in [2.24, 2.45) is 0 Å². The summed E-state index contributed by atoms with van der Waals surface area (Å²) < 4.78 is 1.89. The molecule has 3 aromatic rings. The number of nitrogens with zero attached hydrogens (tertiary/aromatic N) is 2. The van der Waals surface area contributed by atoms with Crippen molar-refractivity contribution in [2.75, 3.05) is 0 Å². The van der Waals surface area contributed by atoms with Crippen molar-refractivity contribution in [2.45, 2.75) is 45.6 Å². The van der Waals surface area contributed by atoms with Crippen LogP contribution in [0.1, 0.15) is 42.9 Å². The first kappa shape index (κ1) is 16.3. The molecule has 128 valence electrons. The van der Waals surface area contributed by atoms with Crippen molar-refractivity contribution in [1.29, 1.82) is 0 Å². The Morgan fingerprint density at radius 3 is 2.44 bits per heavy atom. The van der Waals surface area contributed by atoms with E-state index in [1.807, 2.05) is 54.8 Å². The fourth-order valence-corrected chi connectivity index (χ4v) is 4.12. The average molecular weight is 353 g/mol. The highest BCUT2D eigenvalue weighted by Crippen LogP contribution is 2.34. The van der Waals surface area contributed by atoms with Gasteiger partial charge in [0.15, 0.2) is 0 Å². The van der Waals surface area contributed by atoms with Crippen LogP contribution in [0.4, 0.5) is 0 Å². The van der Waals surface area contributed by atoms with E-state index in [9.17, 15) is 4.79 Å². The molecule has 2 aromatic carbocycles. The Balaban J connectivity index is 2.06. The molecule has 0 N–H and O–H groups in total. The van der Waals surface area contributed by atoms with Crippen molar-refractivity contribution in [3.05, 3.63) is 62.9 Å². The number of hydrogen-bond donors (Lipinski definition) is 0. The number of hydrogen-bond acceptors (Lipinski definition) is 2. The van der Waals surface area contributed by atoms with Crippen molar-refractivity contribution in [3.8, 4) is 11.4 Å². The van der Waals surface area contributed by atoms with Gasteiger partial charge in [0.1, 0.15) is 5.82 Å². The lowest BCUT2D eigenvalue weighted by Crippen LogP contribution is -2.26. The average Bonchev–Trinajstić information content (AvgIpc) is 3.08. The molecule has 0 amide bonds. The molecule has 1 aliphatic carbocycles. The van der Waals surface area contributed by atoms with E-state index in [2.05, 4.69) is 0 Å². The van der Waals surface area contributed by atoms with Crippen LogP contribution in [0.5, 0.6) is 0 Å². The Bertz CT molecular complexity index is 1020. The van der Waals surface area contributed by atoms with Gasteiger partial charge in [-0.05, 0) is 62.1 Å². The van der Waals surface area contributed by atoms with Crippen LogP contribution in [0, 0.1) is 13.8 Å². The fraction of sp³-hybridized carbons (Fsp3) is 0.333. The Hall–Kier alpha value is -2.13. The summed E-state index contributed by atoms with van der Waals surface area (Å²) in [5.74, 6) is 0.694. The molecule has 4 rings (SSSR count). The quantitative estimate of drug-likeness (QED) is 0.614. The monoisotopic (exact) mass is 352 g/mol. The van der Waals surface area contributed by atoms with Gasteiger partial charge < -0.3 is 0 Å². The van der Waals surface area contributed by atoms with Crippen LogP contribution < -0.4 is 5.56 Å². The van der Waals surface area contributed by atoms with E-state index in [0.29, 0.717) is 16.2 Å². The van der Waals surface area contributed by atoms with Crippen LogP contribution >= 0.6 is 11.6 Å². The smallest absolute Gasteiger partial charge is 0.261 e. The maximum Gasteiger partial charge on any atom is 0.261 e. The van der Waals surface area contributed by atoms with Crippen LogP contribution in [0.15, 0.2) is 41.2 Å². The van der Waals surface area contributed by atoms with Gasteiger partial charge in [0.05, 0.1) is 15.9 Å². The third-order valence-electron chi connectivity index (χ3n) is 5.11. The second kappa shape index (κ2) is 6.30. The van der Waals surface area contributed by atoms with E-state index in [0.717, 1.165) is 47.9 Å². The third kappa shape index (κ3) is 2.87. The lowest BCUT2D eigenvalue weighted by molar-refractivity contribution is 0.505. The molecule has 1 aliphatic rings. The molecule has 4 heteroatoms. The molecule has 1 saturated carbocycles. The van der Waals surface area contributed by atoms with Gasteiger partial charge in [0.2, 0.25) is 0 Å². The van der Waals surface area contributed by atoms with Crippen LogP contribution in [0.3, 0.4) is 0 Å². The van der Waals surface area contributed by atoms with Crippen LogP contribution in [0.25, 0.3) is 22.3 Å². The van der Waals surface area contributed by atoms with Crippen molar-refractivity contribution < 1.29 is 0 Å². The molecular weight excluding hydrogens is 332 g/mol. The van der Waals surface area contributed by atoms with E-state index in [4.69, 9.17) is 16.6 Å². The summed E-state index contributed by atoms with van der Waals surface area (Å²) in [6, 6.07) is 12.0. The molecule has 0 radical (unpaired) electrons. The molecule has 0 unspecified atom stereocenters. The fourth-order valence-electron chi connectivity index (χ4n) is 3.80. The summed E-state index contributed by atoms with van der Waals surface area (Å²) in [5, 5.41) is 1.33. The zero-order chi connectivity index (χ0) is 17.6. The molecule has 3 nitrogen and oxygen atoms in total. The first-order valence-corrected chi connectivity index (χ1v) is 9.22. The van der Waals surface area contributed by atoms with E-state index < -0.39 is 0 Å². The molecule has 1 heterocycles. The normalized spacial score (nSPS) is 15.2. The maximum absolute atomic E-state index is 13.3. The van der Waals surface area contributed by atoms with Gasteiger partial charge in [0, 0.05) is 11.6 Å². The van der Waals surface area contributed by atoms with Gasteiger partial charge in [-0.25, -0.2) is 4.98 Å². The number of rotatable bonds is 2. The number of benzene rings is 2. The molecule has 0 spiro atoms. The molecule has 1 fully saturated rings. The highest BCUT2D eigenvalue weighted by Gasteiger charge is 2.24. The molecule has 0 aliphatic heterocycles. The number of aryl methyl sites for hydroxylation is 2. The van der Waals surface area contributed by atoms with Gasteiger partial charge in [-0.1, -0.05) is 36.6 Å². The summed E-state index contributed by atoms with van der Waals surface area (Å²) in [6.45, 7) is 4.03. The zero-order valence-electron chi connectivity index (χ0n) is 14.6. The third-order valence-corrected chi connectivity index (χ3v) is 5.43. The Labute approximate surface area is 152 Å². The van der Waals surface area contributed by atoms with Crippen molar-refractivity contribution >= 4 is 22.5 Å². The topological polar surface area (TPSA) is 34.9 Å². The van der Waals surface area contributed by atoms with Gasteiger partial charge in [-0.15, -0.1) is 0 Å². The number of fused-ring (bicyclic) bond motifs is 1. The highest BCUT2D eigenvalue weighted by molar-refractivity contribution is 6.33. The van der Waals surface area contributed by atoms with Gasteiger partial charge >= 0.3 is 0 Å². The lowest BCUT2D eigenvalue weighted by atomic mass is 10.1. The summed E-state index contributed by atoms with van der Waals surface area (Å²) >= 11 is 6.52. The molecule has 0 bridgehead atoms. The van der Waals surface area contributed by atoms with E-state index >= 15 is 0 Å². The minimum Gasteiger partial charge on any atom is -0.289 e. The minimum atomic E-state index is 0.0449. The van der Waals surface area contributed by atoms with Crippen molar-refractivity contribution in [1.82, 2.24) is 9.55 Å². The van der Waals surface area contributed by atoms with Crippen LogP contribution in [0.2, 0.25) is 5.02 Å². The molecule has 0 saturated heterocycles. The van der Waals surface area contributed by atoms with E-state index in [1.54, 1.807) is 0 Å². The van der Waals surface area contributed by atoms with Gasteiger partial charge in [-0.3, -0.25) is 9.36 Å². The SMILES string of the molecule is Cc1ccc(-c2nc3cc(C)ccc3c(=O)n2C2CCCC2)c(Cl)c1. The second-order valence-corrected chi connectivity index (χ2v) is 7.46. The number of halogens is 1. The molecular formula is C21H21ClN2O. The van der Waals surface area contributed by atoms with E-state index in [-0.39, 0.29) is 11.6 Å². The van der Waals surface area contributed by atoms with Gasteiger partial charge in [-0.2, -0.15) is 0 Å². The molecule has 0 atom stereocenters. The predicted octanol–water partition coefficient (Wildman–Crippen LogP) is 5.45. The van der Waals surface area contributed by atoms with Crippen LogP contribution in [-0.2, 0) is 0 Å². The minimum absolute atomic E-state index is 0.0449. The summed E-state index contributed by atoms with van der Waals surface area (Å²) in [6.07, 6.45) is 4.36. The standard InChI is InChI=1S/C21H21ClN2O/c1-13-7-9-16(18(22)11-13)20-23-19-12-14(2)8-10-17(19)21(25)24(20)15-5-3-4-6-15/h7-12,15H,3-6H2,1-2H3. The summed E-state index contributed by atoms with van der Waals surface area (Å²) in [4.78, 5) is 18.2. The first-order valence-electron chi connectivity index (χ1n) is 8.84. The largest absolute Gasteiger partial charge is 0.289 e.